The van der Waals surface area contributed by atoms with Crippen LogP contribution in [0, 0.1) is 27.7 Å². The molecule has 6 heteroatoms. The summed E-state index contributed by atoms with van der Waals surface area (Å²) in [5, 5.41) is 0.758. The van der Waals surface area contributed by atoms with Crippen molar-refractivity contribution in [3.05, 3.63) is 63.2 Å². The van der Waals surface area contributed by atoms with Gasteiger partial charge in [0.15, 0.2) is 0 Å². The molecule has 2 aromatic rings. The first-order chi connectivity index (χ1) is 12.7. The van der Waals surface area contributed by atoms with E-state index in [0.29, 0.717) is 31.1 Å². The Morgan fingerprint density at radius 1 is 0.926 bits per heavy atom. The van der Waals surface area contributed by atoms with Crippen molar-refractivity contribution in [3.8, 4) is 0 Å². The first kappa shape index (κ1) is 20.3. The van der Waals surface area contributed by atoms with E-state index in [4.69, 9.17) is 11.6 Å². The molecule has 4 nitrogen and oxygen atoms in total. The van der Waals surface area contributed by atoms with Crippen molar-refractivity contribution in [2.45, 2.75) is 39.1 Å². The molecular weight excluding hydrogens is 380 g/mol. The van der Waals surface area contributed by atoms with Crippen molar-refractivity contribution in [2.24, 2.45) is 0 Å². The average molecular weight is 407 g/mol. The van der Waals surface area contributed by atoms with Crippen LogP contribution in [0.2, 0.25) is 5.02 Å². The van der Waals surface area contributed by atoms with Gasteiger partial charge >= 0.3 is 0 Å². The molecule has 1 fully saturated rings. The molecule has 0 atom stereocenters. The summed E-state index contributed by atoms with van der Waals surface area (Å²) in [6.45, 7) is 10.9. The van der Waals surface area contributed by atoms with Gasteiger partial charge in [-0.3, -0.25) is 4.90 Å². The lowest BCUT2D eigenvalue weighted by Gasteiger charge is -2.35. The lowest BCUT2D eigenvalue weighted by Crippen LogP contribution is -2.48. The number of nitrogens with zero attached hydrogens (tertiary/aromatic N) is 2. The SMILES string of the molecule is Cc1cc(C)c(C)c(S(=O)(=O)N2CCN(Cc3ccccc3Cl)CC2)c1C. The summed E-state index contributed by atoms with van der Waals surface area (Å²) in [4.78, 5) is 2.74. The third-order valence-electron chi connectivity index (χ3n) is 5.58. The molecule has 27 heavy (non-hydrogen) atoms. The first-order valence-electron chi connectivity index (χ1n) is 9.25. The van der Waals surface area contributed by atoms with E-state index in [1.165, 1.54) is 0 Å². The van der Waals surface area contributed by atoms with Crippen LogP contribution in [0.4, 0.5) is 0 Å². The Morgan fingerprint density at radius 3 is 2.04 bits per heavy atom. The summed E-state index contributed by atoms with van der Waals surface area (Å²) in [6, 6.07) is 9.88. The number of sulfonamides is 1. The minimum absolute atomic E-state index is 0.486. The molecule has 0 aromatic heterocycles. The number of aryl methyl sites for hydroxylation is 2. The molecule has 1 saturated heterocycles. The van der Waals surface area contributed by atoms with Crippen LogP contribution in [0.15, 0.2) is 35.2 Å². The number of piperazine rings is 1. The van der Waals surface area contributed by atoms with Gasteiger partial charge in [-0.1, -0.05) is 35.9 Å². The second-order valence-corrected chi connectivity index (χ2v) is 9.64. The maximum Gasteiger partial charge on any atom is 0.243 e. The van der Waals surface area contributed by atoms with Crippen LogP contribution in [0.5, 0.6) is 0 Å². The van der Waals surface area contributed by atoms with Gasteiger partial charge in [0.25, 0.3) is 0 Å². The fourth-order valence-corrected chi connectivity index (χ4v) is 5.89. The van der Waals surface area contributed by atoms with Gasteiger partial charge in [0.2, 0.25) is 10.0 Å². The molecule has 1 aliphatic heterocycles. The van der Waals surface area contributed by atoms with Crippen LogP contribution in [-0.2, 0) is 16.6 Å². The van der Waals surface area contributed by atoms with Gasteiger partial charge in [-0.05, 0) is 61.6 Å². The van der Waals surface area contributed by atoms with Crippen LogP contribution in [-0.4, -0.2) is 43.8 Å². The van der Waals surface area contributed by atoms with Crippen molar-refractivity contribution < 1.29 is 8.42 Å². The van der Waals surface area contributed by atoms with Crippen LogP contribution in [0.1, 0.15) is 27.8 Å². The predicted molar refractivity (Wildman–Crippen MR) is 111 cm³/mol. The van der Waals surface area contributed by atoms with Gasteiger partial charge in [0, 0.05) is 37.7 Å². The van der Waals surface area contributed by atoms with Gasteiger partial charge in [-0.15, -0.1) is 0 Å². The van der Waals surface area contributed by atoms with E-state index in [-0.39, 0.29) is 0 Å². The average Bonchev–Trinajstić information content (AvgIpc) is 2.62. The van der Waals surface area contributed by atoms with Gasteiger partial charge in [-0.2, -0.15) is 4.31 Å². The predicted octanol–water partition coefficient (Wildman–Crippen LogP) is 4.08. The van der Waals surface area contributed by atoms with Gasteiger partial charge in [0.1, 0.15) is 0 Å². The van der Waals surface area contributed by atoms with Crippen molar-refractivity contribution in [1.82, 2.24) is 9.21 Å². The Morgan fingerprint density at radius 2 is 1.48 bits per heavy atom. The molecule has 0 saturated carbocycles. The summed E-state index contributed by atoms with van der Waals surface area (Å²) in [6.07, 6.45) is 0. The number of hydrogen-bond donors (Lipinski definition) is 0. The second kappa shape index (κ2) is 7.92. The largest absolute Gasteiger partial charge is 0.296 e. The normalized spacial score (nSPS) is 16.6. The molecule has 0 radical (unpaired) electrons. The van der Waals surface area contributed by atoms with Crippen LogP contribution in [0.3, 0.4) is 0 Å². The topological polar surface area (TPSA) is 40.6 Å². The van der Waals surface area contributed by atoms with E-state index in [2.05, 4.69) is 11.0 Å². The Balaban J connectivity index is 1.77. The zero-order valence-electron chi connectivity index (χ0n) is 16.4. The third-order valence-corrected chi connectivity index (χ3v) is 8.12. The summed E-state index contributed by atoms with van der Waals surface area (Å²) < 4.78 is 28.3. The third kappa shape index (κ3) is 4.06. The van der Waals surface area contributed by atoms with E-state index in [0.717, 1.165) is 39.4 Å². The van der Waals surface area contributed by atoms with E-state index in [9.17, 15) is 8.42 Å². The molecule has 0 amide bonds. The molecule has 0 N–H and O–H groups in total. The minimum Gasteiger partial charge on any atom is -0.296 e. The molecule has 0 unspecified atom stereocenters. The van der Waals surface area contributed by atoms with E-state index in [1.807, 2.05) is 52.0 Å². The molecule has 0 bridgehead atoms. The Bertz CT molecular complexity index is 923. The van der Waals surface area contributed by atoms with Crippen LogP contribution in [0.25, 0.3) is 0 Å². The second-order valence-electron chi connectivity index (χ2n) is 7.36. The lowest BCUT2D eigenvalue weighted by atomic mass is 10.0. The standard InChI is InChI=1S/C21H27ClN2O2S/c1-15-13-16(2)18(4)21(17(15)3)27(25,26)24-11-9-23(10-12-24)14-19-7-5-6-8-20(19)22/h5-8,13H,9-12,14H2,1-4H3. The number of rotatable bonds is 4. The maximum absolute atomic E-state index is 13.3. The van der Waals surface area contributed by atoms with Gasteiger partial charge in [-0.25, -0.2) is 8.42 Å². The van der Waals surface area contributed by atoms with E-state index < -0.39 is 10.0 Å². The molecule has 3 rings (SSSR count). The van der Waals surface area contributed by atoms with E-state index in [1.54, 1.807) is 4.31 Å². The molecule has 1 aliphatic rings. The zero-order valence-corrected chi connectivity index (χ0v) is 18.0. The van der Waals surface area contributed by atoms with Crippen molar-refractivity contribution >= 4 is 21.6 Å². The number of hydrogen-bond acceptors (Lipinski definition) is 3. The fourth-order valence-electron chi connectivity index (χ4n) is 3.69. The highest BCUT2D eigenvalue weighted by Crippen LogP contribution is 2.29. The quantitative estimate of drug-likeness (QED) is 0.768. The highest BCUT2D eigenvalue weighted by molar-refractivity contribution is 7.89. The van der Waals surface area contributed by atoms with Crippen molar-refractivity contribution in [1.29, 1.82) is 0 Å². The lowest BCUT2D eigenvalue weighted by molar-refractivity contribution is 0.181. The van der Waals surface area contributed by atoms with Gasteiger partial charge < -0.3 is 0 Å². The number of benzene rings is 2. The summed E-state index contributed by atoms with van der Waals surface area (Å²) in [5.41, 5.74) is 4.84. The minimum atomic E-state index is -3.49. The summed E-state index contributed by atoms with van der Waals surface area (Å²) in [5.74, 6) is 0. The summed E-state index contributed by atoms with van der Waals surface area (Å²) >= 11 is 6.26. The Hall–Kier alpha value is -1.40. The smallest absolute Gasteiger partial charge is 0.243 e. The van der Waals surface area contributed by atoms with Crippen LogP contribution < -0.4 is 0 Å². The Kier molecular flexibility index (Phi) is 5.96. The molecule has 1 heterocycles. The molecule has 146 valence electrons. The molecule has 2 aromatic carbocycles. The Labute approximate surface area is 167 Å². The summed E-state index contributed by atoms with van der Waals surface area (Å²) in [7, 11) is -3.49. The maximum atomic E-state index is 13.3. The zero-order chi connectivity index (χ0) is 19.8. The molecule has 0 aliphatic carbocycles. The molecule has 0 spiro atoms. The van der Waals surface area contributed by atoms with Gasteiger partial charge in [0.05, 0.1) is 4.90 Å². The number of halogens is 1. The fraction of sp³-hybridized carbons (Fsp3) is 0.429. The molecular formula is C21H27ClN2O2S. The monoisotopic (exact) mass is 406 g/mol. The van der Waals surface area contributed by atoms with Crippen molar-refractivity contribution in [2.75, 3.05) is 26.2 Å². The highest BCUT2D eigenvalue weighted by atomic mass is 35.5. The van der Waals surface area contributed by atoms with E-state index >= 15 is 0 Å². The van der Waals surface area contributed by atoms with Crippen LogP contribution >= 0.6 is 11.6 Å². The first-order valence-corrected chi connectivity index (χ1v) is 11.1. The van der Waals surface area contributed by atoms with Crippen molar-refractivity contribution in [3.63, 3.8) is 0 Å². The highest BCUT2D eigenvalue weighted by Gasteiger charge is 2.31.